The highest BCUT2D eigenvalue weighted by atomic mass is 16.5. The molecule has 1 saturated heterocycles. The zero-order valence-corrected chi connectivity index (χ0v) is 8.52. The van der Waals surface area contributed by atoms with Crippen LogP contribution < -0.4 is 0 Å². The molecule has 2 aliphatic rings. The monoisotopic (exact) mass is 213 g/mol. The Kier molecular flexibility index (Phi) is 2.90. The van der Waals surface area contributed by atoms with E-state index in [2.05, 4.69) is 0 Å². The summed E-state index contributed by atoms with van der Waals surface area (Å²) in [7, 11) is 0. The van der Waals surface area contributed by atoms with Crippen molar-refractivity contribution in [2.45, 2.75) is 25.3 Å². The molecule has 1 amide bonds. The van der Waals surface area contributed by atoms with Gasteiger partial charge >= 0.3 is 5.97 Å². The minimum atomic E-state index is -0.781. The maximum Gasteiger partial charge on any atom is 0.308 e. The fourth-order valence-electron chi connectivity index (χ4n) is 2.48. The number of carbonyl (C=O) groups is 2. The molecule has 0 aromatic carbocycles. The number of hydrogen-bond donors (Lipinski definition) is 1. The van der Waals surface area contributed by atoms with Gasteiger partial charge in [-0.05, 0) is 12.8 Å². The van der Waals surface area contributed by atoms with Gasteiger partial charge in [0.2, 0.25) is 5.91 Å². The van der Waals surface area contributed by atoms with E-state index >= 15 is 0 Å². The molecule has 2 fully saturated rings. The highest BCUT2D eigenvalue weighted by molar-refractivity contribution is 5.80. The third-order valence-electron chi connectivity index (χ3n) is 3.22. The minimum Gasteiger partial charge on any atom is -0.481 e. The van der Waals surface area contributed by atoms with E-state index in [4.69, 9.17) is 9.84 Å². The van der Waals surface area contributed by atoms with Crippen molar-refractivity contribution in [1.82, 2.24) is 4.90 Å². The lowest BCUT2D eigenvalue weighted by atomic mass is 10.0. The maximum atomic E-state index is 11.6. The van der Waals surface area contributed by atoms with Crippen LogP contribution in [-0.2, 0) is 14.3 Å². The zero-order valence-electron chi connectivity index (χ0n) is 8.52. The van der Waals surface area contributed by atoms with Gasteiger partial charge in [-0.3, -0.25) is 9.59 Å². The van der Waals surface area contributed by atoms with Crippen LogP contribution in [0.5, 0.6) is 0 Å². The number of aliphatic carboxylic acids is 1. The van der Waals surface area contributed by atoms with E-state index in [1.807, 2.05) is 0 Å². The zero-order chi connectivity index (χ0) is 10.8. The Morgan fingerprint density at radius 3 is 2.93 bits per heavy atom. The molecule has 5 heteroatoms. The van der Waals surface area contributed by atoms with Crippen LogP contribution in [0, 0.1) is 5.92 Å². The van der Waals surface area contributed by atoms with Crippen LogP contribution in [0.1, 0.15) is 19.3 Å². The average Bonchev–Trinajstić information content (AvgIpc) is 2.67. The summed E-state index contributed by atoms with van der Waals surface area (Å²) < 4.78 is 5.03. The molecule has 1 heterocycles. The van der Waals surface area contributed by atoms with E-state index in [0.717, 1.165) is 12.8 Å². The highest BCUT2D eigenvalue weighted by Gasteiger charge is 2.39. The van der Waals surface area contributed by atoms with Gasteiger partial charge in [0.05, 0.1) is 12.5 Å². The molecule has 84 valence electrons. The SMILES string of the molecule is O=C(O)C1CCCC1N1CCOCC1=O. The van der Waals surface area contributed by atoms with E-state index in [1.54, 1.807) is 4.90 Å². The summed E-state index contributed by atoms with van der Waals surface area (Å²) in [5.74, 6) is -1.23. The van der Waals surface area contributed by atoms with Crippen molar-refractivity contribution in [1.29, 1.82) is 0 Å². The van der Waals surface area contributed by atoms with Gasteiger partial charge in [0, 0.05) is 12.6 Å². The van der Waals surface area contributed by atoms with Gasteiger partial charge < -0.3 is 14.7 Å². The average molecular weight is 213 g/mol. The second-order valence-electron chi connectivity index (χ2n) is 4.08. The Hall–Kier alpha value is -1.10. The number of nitrogens with zero attached hydrogens (tertiary/aromatic N) is 1. The van der Waals surface area contributed by atoms with Crippen molar-refractivity contribution in [3.8, 4) is 0 Å². The predicted octanol–water partition coefficient (Wildman–Crippen LogP) is 0.0985. The Labute approximate surface area is 88.0 Å². The molecule has 0 aromatic heterocycles. The van der Waals surface area contributed by atoms with E-state index in [0.29, 0.717) is 19.6 Å². The summed E-state index contributed by atoms with van der Waals surface area (Å²) in [6, 6.07) is -0.112. The molecule has 1 aliphatic carbocycles. The molecule has 0 spiro atoms. The first-order valence-corrected chi connectivity index (χ1v) is 5.30. The third-order valence-corrected chi connectivity index (χ3v) is 3.22. The van der Waals surface area contributed by atoms with E-state index in [-0.39, 0.29) is 24.5 Å². The normalized spacial score (nSPS) is 32.0. The first kappa shape index (κ1) is 10.4. The first-order valence-electron chi connectivity index (χ1n) is 5.30. The van der Waals surface area contributed by atoms with Gasteiger partial charge in [0.15, 0.2) is 0 Å². The second-order valence-corrected chi connectivity index (χ2v) is 4.08. The van der Waals surface area contributed by atoms with Gasteiger partial charge in [-0.2, -0.15) is 0 Å². The molecule has 1 saturated carbocycles. The number of morpholine rings is 1. The van der Waals surface area contributed by atoms with Crippen LogP contribution in [0.2, 0.25) is 0 Å². The van der Waals surface area contributed by atoms with Crippen molar-refractivity contribution in [3.63, 3.8) is 0 Å². The minimum absolute atomic E-state index is 0.0700. The predicted molar refractivity (Wildman–Crippen MR) is 51.3 cm³/mol. The lowest BCUT2D eigenvalue weighted by Crippen LogP contribution is -2.50. The number of rotatable bonds is 2. The van der Waals surface area contributed by atoms with Crippen molar-refractivity contribution in [2.75, 3.05) is 19.8 Å². The Balaban J connectivity index is 2.07. The van der Waals surface area contributed by atoms with Crippen LogP contribution in [0.25, 0.3) is 0 Å². The molecule has 1 N–H and O–H groups in total. The van der Waals surface area contributed by atoms with E-state index in [1.165, 1.54) is 0 Å². The van der Waals surface area contributed by atoms with Gasteiger partial charge in [-0.15, -0.1) is 0 Å². The number of carbonyl (C=O) groups excluding carboxylic acids is 1. The van der Waals surface area contributed by atoms with Gasteiger partial charge in [0.1, 0.15) is 6.61 Å². The molecular formula is C10H15NO4. The number of ether oxygens (including phenoxy) is 1. The summed E-state index contributed by atoms with van der Waals surface area (Å²) in [6.07, 6.45) is 2.39. The standard InChI is InChI=1S/C10H15NO4/c12-9-6-15-5-4-11(9)8-3-1-2-7(8)10(13)14/h7-8H,1-6H2,(H,13,14). The molecule has 2 unspecified atom stereocenters. The molecule has 15 heavy (non-hydrogen) atoms. The summed E-state index contributed by atoms with van der Waals surface area (Å²) >= 11 is 0. The van der Waals surface area contributed by atoms with E-state index in [9.17, 15) is 9.59 Å². The first-order chi connectivity index (χ1) is 7.20. The van der Waals surface area contributed by atoms with Crippen LogP contribution >= 0.6 is 0 Å². The second kappa shape index (κ2) is 4.18. The van der Waals surface area contributed by atoms with Gasteiger partial charge in [0.25, 0.3) is 0 Å². The Morgan fingerprint density at radius 1 is 1.47 bits per heavy atom. The fourth-order valence-corrected chi connectivity index (χ4v) is 2.48. The molecule has 0 bridgehead atoms. The number of carboxylic acids is 1. The van der Waals surface area contributed by atoms with Gasteiger partial charge in [-0.25, -0.2) is 0 Å². The Morgan fingerprint density at radius 2 is 2.27 bits per heavy atom. The maximum absolute atomic E-state index is 11.6. The summed E-state index contributed by atoms with van der Waals surface area (Å²) in [5.41, 5.74) is 0. The van der Waals surface area contributed by atoms with Crippen molar-refractivity contribution in [3.05, 3.63) is 0 Å². The van der Waals surface area contributed by atoms with Crippen LogP contribution in [0.4, 0.5) is 0 Å². The lowest BCUT2D eigenvalue weighted by molar-refractivity contribution is -0.151. The largest absolute Gasteiger partial charge is 0.481 e. The number of carboxylic acid groups (broad SMARTS) is 1. The van der Waals surface area contributed by atoms with Crippen molar-refractivity contribution < 1.29 is 19.4 Å². The summed E-state index contributed by atoms with van der Waals surface area (Å²) in [4.78, 5) is 24.2. The van der Waals surface area contributed by atoms with Crippen LogP contribution in [-0.4, -0.2) is 47.7 Å². The molecule has 5 nitrogen and oxygen atoms in total. The third kappa shape index (κ3) is 1.97. The van der Waals surface area contributed by atoms with Crippen LogP contribution in [0.15, 0.2) is 0 Å². The van der Waals surface area contributed by atoms with Gasteiger partial charge in [-0.1, -0.05) is 6.42 Å². The van der Waals surface area contributed by atoms with Crippen molar-refractivity contribution in [2.24, 2.45) is 5.92 Å². The molecular weight excluding hydrogens is 198 g/mol. The van der Waals surface area contributed by atoms with Crippen LogP contribution in [0.3, 0.4) is 0 Å². The number of amides is 1. The molecule has 0 aromatic rings. The molecule has 2 rings (SSSR count). The quantitative estimate of drug-likeness (QED) is 0.706. The van der Waals surface area contributed by atoms with E-state index < -0.39 is 5.97 Å². The molecule has 2 atom stereocenters. The highest BCUT2D eigenvalue weighted by Crippen LogP contribution is 2.30. The topological polar surface area (TPSA) is 66.8 Å². The fraction of sp³-hybridized carbons (Fsp3) is 0.800. The lowest BCUT2D eigenvalue weighted by Gasteiger charge is -2.34. The summed E-state index contributed by atoms with van der Waals surface area (Å²) in [6.45, 7) is 1.16. The molecule has 1 aliphatic heterocycles. The van der Waals surface area contributed by atoms with Crippen molar-refractivity contribution >= 4 is 11.9 Å². The number of hydrogen-bond acceptors (Lipinski definition) is 3. The summed E-state index contributed by atoms with van der Waals surface area (Å²) in [5, 5.41) is 9.03. The molecule has 0 radical (unpaired) electrons. The smallest absolute Gasteiger partial charge is 0.308 e. The Bertz CT molecular complexity index is 279.